The minimum atomic E-state index is -3.96. The van der Waals surface area contributed by atoms with Gasteiger partial charge in [-0.05, 0) is 31.5 Å². The van der Waals surface area contributed by atoms with Gasteiger partial charge in [0.05, 0.1) is 19.5 Å². The molecule has 0 aliphatic rings. The lowest BCUT2D eigenvalue weighted by molar-refractivity contribution is 0.368. The molecule has 1 atom stereocenters. The molecule has 0 saturated heterocycles. The number of pyridine rings is 1. The summed E-state index contributed by atoms with van der Waals surface area (Å²) in [6, 6.07) is 5.22. The van der Waals surface area contributed by atoms with E-state index in [0.717, 1.165) is 5.56 Å². The van der Waals surface area contributed by atoms with Crippen LogP contribution in [0.4, 0.5) is 5.95 Å². The summed E-state index contributed by atoms with van der Waals surface area (Å²) in [5.74, 6) is 0.757. The summed E-state index contributed by atoms with van der Waals surface area (Å²) in [6.45, 7) is 3.41. The first-order valence-electron chi connectivity index (χ1n) is 10.4. The third-order valence-corrected chi connectivity index (χ3v) is 6.68. The highest BCUT2D eigenvalue weighted by molar-refractivity contribution is 7.93. The number of methoxy groups -OCH3 is 2. The van der Waals surface area contributed by atoms with E-state index in [1.165, 1.54) is 25.1 Å². The van der Waals surface area contributed by atoms with Crippen LogP contribution < -0.4 is 14.2 Å². The Bertz CT molecular complexity index is 1390. The quantitative estimate of drug-likeness (QED) is 0.358. The Labute approximate surface area is 201 Å². The van der Waals surface area contributed by atoms with Crippen LogP contribution in [0.25, 0.3) is 17.2 Å². The first-order valence-corrected chi connectivity index (χ1v) is 12.0. The highest BCUT2D eigenvalue weighted by Gasteiger charge is 2.29. The fraction of sp³-hybridized carbons (Fsp3) is 0.286. The Balaban J connectivity index is 1.79. The van der Waals surface area contributed by atoms with E-state index in [1.54, 1.807) is 43.7 Å². The lowest BCUT2D eigenvalue weighted by Gasteiger charge is -2.17. The van der Waals surface area contributed by atoms with Gasteiger partial charge in [-0.2, -0.15) is 9.97 Å². The third-order valence-electron chi connectivity index (χ3n) is 4.99. The number of nitrogens with one attached hydrogen (secondary N) is 1. The van der Waals surface area contributed by atoms with Gasteiger partial charge < -0.3 is 9.47 Å². The number of ether oxygens (including phenoxy) is 2. The Morgan fingerprint density at radius 1 is 1.00 bits per heavy atom. The summed E-state index contributed by atoms with van der Waals surface area (Å²) in [5.41, 5.74) is 1.51. The molecule has 0 amide bonds. The van der Waals surface area contributed by atoms with Crippen LogP contribution in [0.2, 0.25) is 0 Å². The van der Waals surface area contributed by atoms with Crippen LogP contribution in [0.3, 0.4) is 0 Å². The van der Waals surface area contributed by atoms with Crippen molar-refractivity contribution in [3.05, 3.63) is 54.5 Å². The standard InChI is InChI=1S/C21H23N9O4S/c1-13-10-23-16(24-11-13)9-14(2)35(31,32)29-21-28-27-18(15-7-5-6-8-22-15)30(21)17-19(33-3)25-12-26-20(17)34-4/h5-8,10-12,14H,9H2,1-4H3,(H,28,29)/t14-/m0/s1. The molecular formula is C21H23N9O4S. The van der Waals surface area contributed by atoms with Gasteiger partial charge in [0.1, 0.15) is 17.8 Å². The van der Waals surface area contributed by atoms with E-state index in [9.17, 15) is 8.42 Å². The summed E-state index contributed by atoms with van der Waals surface area (Å²) in [6.07, 6.45) is 6.22. The first-order chi connectivity index (χ1) is 16.8. The number of anilines is 1. The predicted molar refractivity (Wildman–Crippen MR) is 126 cm³/mol. The second-order valence-electron chi connectivity index (χ2n) is 7.48. The van der Waals surface area contributed by atoms with Crippen LogP contribution in [0.1, 0.15) is 18.3 Å². The molecule has 0 fully saturated rings. The molecule has 4 aromatic rings. The van der Waals surface area contributed by atoms with Gasteiger partial charge in [-0.1, -0.05) is 6.07 Å². The molecule has 0 unspecified atom stereocenters. The van der Waals surface area contributed by atoms with Crippen molar-refractivity contribution in [2.75, 3.05) is 18.9 Å². The summed E-state index contributed by atoms with van der Waals surface area (Å²) in [5, 5.41) is 7.39. The van der Waals surface area contributed by atoms with Crippen LogP contribution in [0.5, 0.6) is 11.8 Å². The molecule has 0 bridgehead atoms. The maximum atomic E-state index is 13.3. The molecule has 4 aromatic heterocycles. The van der Waals surface area contributed by atoms with Crippen molar-refractivity contribution < 1.29 is 17.9 Å². The monoisotopic (exact) mass is 497 g/mol. The Hall–Kier alpha value is -4.20. The average molecular weight is 498 g/mol. The van der Waals surface area contributed by atoms with Crippen LogP contribution in [0, 0.1) is 6.92 Å². The van der Waals surface area contributed by atoms with Gasteiger partial charge >= 0.3 is 0 Å². The Kier molecular flexibility index (Phi) is 6.82. The van der Waals surface area contributed by atoms with Crippen LogP contribution >= 0.6 is 0 Å². The SMILES string of the molecule is COc1ncnc(OC)c1-n1c(NS(=O)(=O)[C@@H](C)Cc2ncc(C)cn2)nnc1-c1ccccn1. The molecule has 1 N–H and O–H groups in total. The number of hydrogen-bond donors (Lipinski definition) is 1. The average Bonchev–Trinajstić information content (AvgIpc) is 3.27. The molecule has 0 saturated carbocycles. The van der Waals surface area contributed by atoms with E-state index in [4.69, 9.17) is 9.47 Å². The predicted octanol–water partition coefficient (Wildman–Crippen LogP) is 1.61. The van der Waals surface area contributed by atoms with E-state index in [0.29, 0.717) is 11.5 Å². The lowest BCUT2D eigenvalue weighted by atomic mass is 10.3. The van der Waals surface area contributed by atoms with Crippen LogP contribution in [0.15, 0.2) is 43.1 Å². The molecule has 14 heteroatoms. The molecule has 0 aliphatic heterocycles. The molecule has 182 valence electrons. The van der Waals surface area contributed by atoms with Gasteiger partial charge in [0, 0.05) is 25.0 Å². The van der Waals surface area contributed by atoms with E-state index in [1.807, 2.05) is 6.92 Å². The minimum Gasteiger partial charge on any atom is -0.479 e. The molecular weight excluding hydrogens is 474 g/mol. The topological polar surface area (TPSA) is 160 Å². The number of rotatable bonds is 9. The van der Waals surface area contributed by atoms with Gasteiger partial charge in [0.2, 0.25) is 27.7 Å². The highest BCUT2D eigenvalue weighted by Crippen LogP contribution is 2.34. The molecule has 13 nitrogen and oxygen atoms in total. The number of hydrogen-bond acceptors (Lipinski definition) is 11. The van der Waals surface area contributed by atoms with E-state index < -0.39 is 15.3 Å². The zero-order valence-corrected chi connectivity index (χ0v) is 20.3. The van der Waals surface area contributed by atoms with Crippen LogP contribution in [-0.4, -0.2) is 67.6 Å². The van der Waals surface area contributed by atoms with Gasteiger partial charge in [-0.15, -0.1) is 10.2 Å². The number of nitrogens with zero attached hydrogens (tertiary/aromatic N) is 8. The molecule has 4 rings (SSSR count). The van der Waals surface area contributed by atoms with Crippen molar-refractivity contribution in [1.29, 1.82) is 0 Å². The van der Waals surface area contributed by atoms with Crippen molar-refractivity contribution in [3.63, 3.8) is 0 Å². The van der Waals surface area contributed by atoms with Gasteiger partial charge in [0.15, 0.2) is 11.5 Å². The smallest absolute Gasteiger partial charge is 0.245 e. The van der Waals surface area contributed by atoms with Gasteiger partial charge in [0.25, 0.3) is 0 Å². The minimum absolute atomic E-state index is 0.0952. The number of aromatic nitrogens is 8. The first kappa shape index (κ1) is 23.9. The van der Waals surface area contributed by atoms with Gasteiger partial charge in [-0.3, -0.25) is 9.71 Å². The largest absolute Gasteiger partial charge is 0.479 e. The Morgan fingerprint density at radius 3 is 2.29 bits per heavy atom. The van der Waals surface area contributed by atoms with E-state index in [2.05, 4.69) is 39.8 Å². The van der Waals surface area contributed by atoms with Crippen LogP contribution in [-0.2, 0) is 16.4 Å². The van der Waals surface area contributed by atoms with Crippen molar-refractivity contribution in [1.82, 2.24) is 39.7 Å². The summed E-state index contributed by atoms with van der Waals surface area (Å²) in [7, 11) is -1.12. The number of aryl methyl sites for hydroxylation is 1. The number of sulfonamides is 1. The second-order valence-corrected chi connectivity index (χ2v) is 9.58. The van der Waals surface area contributed by atoms with Gasteiger partial charge in [-0.25, -0.2) is 23.0 Å². The summed E-state index contributed by atoms with van der Waals surface area (Å²) in [4.78, 5) is 21.0. The maximum absolute atomic E-state index is 13.3. The molecule has 35 heavy (non-hydrogen) atoms. The van der Waals surface area contributed by atoms with E-state index in [-0.39, 0.29) is 35.6 Å². The third kappa shape index (κ3) is 5.01. The van der Waals surface area contributed by atoms with Crippen molar-refractivity contribution >= 4 is 16.0 Å². The fourth-order valence-electron chi connectivity index (χ4n) is 3.18. The summed E-state index contributed by atoms with van der Waals surface area (Å²) < 4.78 is 41.2. The molecule has 0 spiro atoms. The molecule has 0 radical (unpaired) electrons. The lowest BCUT2D eigenvalue weighted by Crippen LogP contribution is -2.29. The van der Waals surface area contributed by atoms with Crippen molar-refractivity contribution in [2.45, 2.75) is 25.5 Å². The van der Waals surface area contributed by atoms with Crippen molar-refractivity contribution in [3.8, 4) is 29.0 Å². The fourth-order valence-corrected chi connectivity index (χ4v) is 4.14. The summed E-state index contributed by atoms with van der Waals surface area (Å²) >= 11 is 0. The zero-order chi connectivity index (χ0) is 25.0. The molecule has 0 aliphatic carbocycles. The second kappa shape index (κ2) is 9.97. The highest BCUT2D eigenvalue weighted by atomic mass is 32.2. The van der Waals surface area contributed by atoms with E-state index >= 15 is 0 Å². The normalized spacial score (nSPS) is 12.2. The maximum Gasteiger partial charge on any atom is 0.245 e. The van der Waals surface area contributed by atoms with Crippen molar-refractivity contribution in [2.24, 2.45) is 0 Å². The zero-order valence-electron chi connectivity index (χ0n) is 19.4. The molecule has 0 aromatic carbocycles. The Morgan fingerprint density at radius 2 is 1.69 bits per heavy atom. The molecule has 4 heterocycles.